The van der Waals surface area contributed by atoms with Gasteiger partial charge in [-0.05, 0) is 80.3 Å². The molecule has 2 unspecified atom stereocenters. The molecule has 2 aliphatic heterocycles. The van der Waals surface area contributed by atoms with Gasteiger partial charge in [0.05, 0.1) is 25.8 Å². The number of phenols is 2. The van der Waals surface area contributed by atoms with Crippen LogP contribution < -0.4 is 15.5 Å². The smallest absolute Gasteiger partial charge is 0.255 e. The van der Waals surface area contributed by atoms with E-state index in [1.807, 2.05) is 51.2 Å². The molecule has 0 bridgehead atoms. The highest BCUT2D eigenvalue weighted by atomic mass is 16.5. The number of piperidine rings is 1. The Kier molecular flexibility index (Phi) is 13.5. The molecule has 1 aromatic heterocycles. The molecule has 0 radical (unpaired) electrons. The van der Waals surface area contributed by atoms with E-state index in [1.54, 1.807) is 54.1 Å². The van der Waals surface area contributed by atoms with Crippen LogP contribution in [0.3, 0.4) is 0 Å². The summed E-state index contributed by atoms with van der Waals surface area (Å²) in [6.45, 7) is 9.34. The number of nitrogens with one attached hydrogen (secondary N) is 2. The Balaban J connectivity index is 0.944. The van der Waals surface area contributed by atoms with Gasteiger partial charge >= 0.3 is 0 Å². The monoisotopic (exact) mass is 822 g/mol. The molecule has 3 aromatic carbocycles. The molecule has 2 aliphatic rings. The predicted molar refractivity (Wildman–Crippen MR) is 227 cm³/mol. The zero-order valence-corrected chi connectivity index (χ0v) is 34.7. The van der Waals surface area contributed by atoms with Crippen molar-refractivity contribution >= 4 is 51.7 Å². The Morgan fingerprint density at radius 3 is 2.50 bits per heavy atom. The third-order valence-electron chi connectivity index (χ3n) is 11.3. The summed E-state index contributed by atoms with van der Waals surface area (Å²) in [5.41, 5.74) is 4.71. The summed E-state index contributed by atoms with van der Waals surface area (Å²) in [6.07, 6.45) is 4.06. The van der Waals surface area contributed by atoms with Crippen molar-refractivity contribution in [2.45, 2.75) is 84.5 Å². The van der Waals surface area contributed by atoms with Crippen LogP contribution in [0.1, 0.15) is 92.4 Å². The van der Waals surface area contributed by atoms with Gasteiger partial charge in [-0.3, -0.25) is 29.3 Å². The third kappa shape index (κ3) is 9.41. The molecule has 1 saturated heterocycles. The van der Waals surface area contributed by atoms with Crippen molar-refractivity contribution in [3.05, 3.63) is 95.0 Å². The Morgan fingerprint density at radius 1 is 1.00 bits per heavy atom. The number of carbonyl (C=O) groups excluding carboxylic acids is 5. The minimum absolute atomic E-state index is 0.0219. The summed E-state index contributed by atoms with van der Waals surface area (Å²) < 4.78 is 7.94. The summed E-state index contributed by atoms with van der Waals surface area (Å²) in [5.74, 6) is -1.46. The number of rotatable bonds is 18. The molecule has 15 heteroatoms. The number of hydrogen-bond donors (Lipinski definition) is 5. The van der Waals surface area contributed by atoms with Crippen molar-refractivity contribution in [1.82, 2.24) is 19.7 Å². The average Bonchev–Trinajstić information content (AvgIpc) is 3.78. The summed E-state index contributed by atoms with van der Waals surface area (Å²) >= 11 is 0. The van der Waals surface area contributed by atoms with E-state index in [9.17, 15) is 39.3 Å². The molecule has 0 saturated carbocycles. The number of aliphatic hydroxyl groups excluding tert-OH is 1. The lowest BCUT2D eigenvalue weighted by Gasteiger charge is -2.31. The van der Waals surface area contributed by atoms with Crippen molar-refractivity contribution in [1.29, 1.82) is 0 Å². The largest absolute Gasteiger partial charge is 0.508 e. The number of ketones is 1. The molecular formula is C45H54N6O9. The zero-order valence-electron chi connectivity index (χ0n) is 34.7. The Labute approximate surface area is 349 Å². The number of aromatic nitrogens is 1. The van der Waals surface area contributed by atoms with Crippen molar-refractivity contribution in [2.75, 3.05) is 43.6 Å². The third-order valence-corrected chi connectivity index (χ3v) is 11.3. The molecule has 15 nitrogen and oxygen atoms in total. The number of imide groups is 1. The van der Waals surface area contributed by atoms with Crippen LogP contribution in [0, 0.1) is 0 Å². The molecule has 4 amide bonds. The molecule has 4 aromatic rings. The van der Waals surface area contributed by atoms with Crippen LogP contribution in [0.25, 0.3) is 10.9 Å². The number of aliphatic hydroxyl groups is 1. The lowest BCUT2D eigenvalue weighted by molar-refractivity contribution is -0.137. The maximum atomic E-state index is 13.1. The number of Topliss-reactive ketones (excluding diaryl/α,β-unsaturated/α-hetero) is 1. The molecule has 0 aliphatic carbocycles. The highest BCUT2D eigenvalue weighted by Gasteiger charge is 2.40. The number of ether oxygens (including phenoxy) is 1. The van der Waals surface area contributed by atoms with E-state index in [1.165, 1.54) is 11.0 Å². The van der Waals surface area contributed by atoms with Gasteiger partial charge in [0.15, 0.2) is 11.7 Å². The standard InChI is InChI=1S/C45H54N6O9/c1-6-42(56)51(28(4)34-23-33(27(2)3)39(53)24-40(34)54)30-10-12-37-29(22-30)16-17-49(37)19-21-60-20-18-48(5)43(57)15-11-31(52)25-46-36-9-7-8-32-35(36)26-50(45(32)59)38-13-14-41(55)47-44(38)58/h6-10,12,16-17,22-24,27-28,38,46,53-54,56H,11,13-15,18-21,25-26H2,1-5H3,(H,47,55,58)/b42-6-. The summed E-state index contributed by atoms with van der Waals surface area (Å²) in [4.78, 5) is 67.5. The fourth-order valence-corrected chi connectivity index (χ4v) is 7.84. The van der Waals surface area contributed by atoms with Gasteiger partial charge < -0.3 is 44.6 Å². The maximum absolute atomic E-state index is 13.1. The lowest BCUT2D eigenvalue weighted by Crippen LogP contribution is -2.52. The van der Waals surface area contributed by atoms with Crippen molar-refractivity contribution in [3.8, 4) is 11.5 Å². The molecule has 6 rings (SSSR count). The van der Waals surface area contributed by atoms with Crippen LogP contribution in [0.15, 0.2) is 72.8 Å². The van der Waals surface area contributed by atoms with Gasteiger partial charge in [-0.2, -0.15) is 0 Å². The van der Waals surface area contributed by atoms with Gasteiger partial charge in [-0.25, -0.2) is 0 Å². The number of hydrogen-bond acceptors (Lipinski definition) is 11. The normalized spacial score (nSPS) is 16.0. The molecule has 1 fully saturated rings. The van der Waals surface area contributed by atoms with Gasteiger partial charge in [-0.15, -0.1) is 0 Å². The SMILES string of the molecule is C/C=C(\O)N(c1ccc2c(ccn2CCOCCN(C)C(=O)CCC(=O)CNc2cccc3c2CN(C2CCC(=O)NC2=O)C3=O)c1)C(C)c1cc(C(C)C)c(O)cc1O. The van der Waals surface area contributed by atoms with Crippen molar-refractivity contribution in [2.24, 2.45) is 0 Å². The van der Waals surface area contributed by atoms with E-state index in [4.69, 9.17) is 4.74 Å². The molecule has 60 heavy (non-hydrogen) atoms. The number of aromatic hydroxyl groups is 2. The quantitative estimate of drug-likeness (QED) is 0.0459. The number of phenolic OH excluding ortho intramolecular Hbond substituents is 2. The fraction of sp³-hybridized carbons (Fsp3) is 0.400. The number of fused-ring (bicyclic) bond motifs is 2. The summed E-state index contributed by atoms with van der Waals surface area (Å²) in [5, 5.41) is 38.5. The number of likely N-dealkylation sites (N-methyl/N-ethyl adjacent to an activating group) is 1. The second kappa shape index (κ2) is 18.7. The molecular weight excluding hydrogens is 769 g/mol. The van der Waals surface area contributed by atoms with Crippen LogP contribution in [0.5, 0.6) is 11.5 Å². The highest BCUT2D eigenvalue weighted by molar-refractivity contribution is 6.06. The van der Waals surface area contributed by atoms with Crippen LogP contribution in [-0.4, -0.2) is 98.5 Å². The van der Waals surface area contributed by atoms with E-state index in [-0.39, 0.29) is 85.6 Å². The topological polar surface area (TPSA) is 194 Å². The Hall–Kier alpha value is -6.35. The molecule has 5 N–H and O–H groups in total. The number of nitrogens with zero attached hydrogens (tertiary/aromatic N) is 4. The van der Waals surface area contributed by atoms with E-state index >= 15 is 0 Å². The van der Waals surface area contributed by atoms with Gasteiger partial charge in [0, 0.05) is 97.2 Å². The van der Waals surface area contributed by atoms with Gasteiger partial charge in [-0.1, -0.05) is 19.9 Å². The van der Waals surface area contributed by atoms with Crippen LogP contribution in [-0.2, 0) is 37.0 Å². The zero-order chi connectivity index (χ0) is 43.2. The highest BCUT2D eigenvalue weighted by Crippen LogP contribution is 2.40. The van der Waals surface area contributed by atoms with Crippen molar-refractivity contribution in [3.63, 3.8) is 0 Å². The fourth-order valence-electron chi connectivity index (χ4n) is 7.84. The second-order valence-electron chi connectivity index (χ2n) is 15.6. The van der Waals surface area contributed by atoms with Gasteiger partial charge in [0.1, 0.15) is 17.5 Å². The van der Waals surface area contributed by atoms with Gasteiger partial charge in [0.2, 0.25) is 17.7 Å². The minimum Gasteiger partial charge on any atom is -0.508 e. The lowest BCUT2D eigenvalue weighted by atomic mass is 9.95. The molecule has 3 heterocycles. The first-order valence-electron chi connectivity index (χ1n) is 20.3. The minimum atomic E-state index is -0.733. The number of benzene rings is 3. The number of carbonyl (C=O) groups is 5. The maximum Gasteiger partial charge on any atom is 0.255 e. The number of amides is 4. The Morgan fingerprint density at radius 2 is 1.77 bits per heavy atom. The first-order valence-corrected chi connectivity index (χ1v) is 20.3. The van der Waals surface area contributed by atoms with Gasteiger partial charge in [0.25, 0.3) is 5.91 Å². The number of anilines is 2. The van der Waals surface area contributed by atoms with E-state index in [0.29, 0.717) is 54.2 Å². The average molecular weight is 823 g/mol. The van der Waals surface area contributed by atoms with E-state index in [2.05, 4.69) is 15.2 Å². The van der Waals surface area contributed by atoms with E-state index in [0.717, 1.165) is 16.6 Å². The molecule has 318 valence electrons. The predicted octanol–water partition coefficient (Wildman–Crippen LogP) is 5.86. The van der Waals surface area contributed by atoms with Crippen LogP contribution in [0.2, 0.25) is 0 Å². The summed E-state index contributed by atoms with van der Waals surface area (Å²) in [6, 6.07) is 14.9. The second-order valence-corrected chi connectivity index (χ2v) is 15.6. The van der Waals surface area contributed by atoms with Crippen LogP contribution >= 0.6 is 0 Å². The number of allylic oxidation sites excluding steroid dienone is 1. The summed E-state index contributed by atoms with van der Waals surface area (Å²) in [7, 11) is 1.67. The van der Waals surface area contributed by atoms with E-state index < -0.39 is 18.0 Å². The Bertz CT molecular complexity index is 2320. The molecule has 0 spiro atoms. The first-order chi connectivity index (χ1) is 28.7. The molecule has 2 atom stereocenters. The first kappa shape index (κ1) is 43.2. The van der Waals surface area contributed by atoms with Crippen molar-refractivity contribution < 1.29 is 44.0 Å². The van der Waals surface area contributed by atoms with Crippen LogP contribution in [0.4, 0.5) is 11.4 Å².